The first kappa shape index (κ1) is 18.5. The molecule has 1 fully saturated rings. The zero-order valence-electron chi connectivity index (χ0n) is 16.3. The van der Waals surface area contributed by atoms with Gasteiger partial charge in [0.2, 0.25) is 0 Å². The fourth-order valence-electron chi connectivity index (χ4n) is 4.67. The Morgan fingerprint density at radius 2 is 2.00 bits per heavy atom. The lowest BCUT2D eigenvalue weighted by atomic mass is 9.70. The number of carbonyl (C=O) groups is 2. The van der Waals surface area contributed by atoms with Crippen molar-refractivity contribution in [3.8, 4) is 0 Å². The van der Waals surface area contributed by atoms with E-state index in [0.717, 1.165) is 53.9 Å². The summed E-state index contributed by atoms with van der Waals surface area (Å²) in [4.78, 5) is 27.3. The third-order valence-corrected chi connectivity index (χ3v) is 6.80. The number of ether oxygens (including phenoxy) is 1. The number of thiophene rings is 1. The maximum Gasteiger partial charge on any atom is 0.337 e. The molecule has 0 saturated heterocycles. The van der Waals surface area contributed by atoms with Crippen molar-refractivity contribution in [2.24, 2.45) is 5.41 Å². The van der Waals surface area contributed by atoms with Gasteiger partial charge in [0.05, 0.1) is 11.5 Å². The SMILES string of the molecule is CC1=C(C(=O)OC2CCCC2)C(c2cccs2)C2=C(CC(C)(C)CC2=O)N1. The standard InChI is InChI=1S/C22H27NO3S/c1-13-18(21(25)26-14-7-4-5-8-14)20(17-9-6-10-27-17)19-15(23-13)11-22(2,3)12-16(19)24/h6,9-10,14,20,23H,4-5,7-8,11-12H2,1-3H3. The molecule has 0 bridgehead atoms. The van der Waals surface area contributed by atoms with E-state index in [4.69, 9.17) is 4.74 Å². The number of esters is 1. The molecule has 1 unspecified atom stereocenters. The molecule has 4 rings (SSSR count). The van der Waals surface area contributed by atoms with Gasteiger partial charge in [-0.1, -0.05) is 19.9 Å². The fourth-order valence-corrected chi connectivity index (χ4v) is 5.51. The lowest BCUT2D eigenvalue weighted by Gasteiger charge is -2.39. The highest BCUT2D eigenvalue weighted by Gasteiger charge is 2.43. The van der Waals surface area contributed by atoms with Crippen LogP contribution in [0, 0.1) is 5.41 Å². The molecular weight excluding hydrogens is 358 g/mol. The lowest BCUT2D eigenvalue weighted by molar-refractivity contribution is -0.144. The molecule has 1 aliphatic heterocycles. The van der Waals surface area contributed by atoms with E-state index >= 15 is 0 Å². The smallest absolute Gasteiger partial charge is 0.337 e. The Labute approximate surface area is 164 Å². The Balaban J connectivity index is 1.74. The molecule has 1 aromatic heterocycles. The molecule has 1 atom stereocenters. The third kappa shape index (κ3) is 3.49. The second-order valence-corrected chi connectivity index (χ2v) is 9.74. The molecule has 1 saturated carbocycles. The van der Waals surface area contributed by atoms with Crippen LogP contribution >= 0.6 is 11.3 Å². The molecule has 3 aliphatic rings. The minimum atomic E-state index is -0.307. The van der Waals surface area contributed by atoms with Gasteiger partial charge in [-0.2, -0.15) is 0 Å². The molecule has 1 N–H and O–H groups in total. The summed E-state index contributed by atoms with van der Waals surface area (Å²) >= 11 is 1.60. The summed E-state index contributed by atoms with van der Waals surface area (Å²) in [6.07, 6.45) is 5.46. The molecule has 1 aromatic rings. The number of allylic oxidation sites excluding steroid dienone is 3. The van der Waals surface area contributed by atoms with Crippen molar-refractivity contribution in [1.29, 1.82) is 0 Å². The Hall–Kier alpha value is -1.88. The normalized spacial score (nSPS) is 25.4. The molecule has 144 valence electrons. The van der Waals surface area contributed by atoms with Gasteiger partial charge in [-0.05, 0) is 55.9 Å². The quantitative estimate of drug-likeness (QED) is 0.757. The monoisotopic (exact) mass is 385 g/mol. The predicted octanol–water partition coefficient (Wildman–Crippen LogP) is 4.84. The predicted molar refractivity (Wildman–Crippen MR) is 106 cm³/mol. The molecule has 2 aliphatic carbocycles. The third-order valence-electron chi connectivity index (χ3n) is 5.86. The fraction of sp³-hybridized carbons (Fsp3) is 0.545. The molecule has 27 heavy (non-hydrogen) atoms. The highest BCUT2D eigenvalue weighted by Crippen LogP contribution is 2.47. The molecule has 2 heterocycles. The number of nitrogens with one attached hydrogen (secondary N) is 1. The number of ketones is 1. The lowest BCUT2D eigenvalue weighted by Crippen LogP contribution is -2.38. The molecule has 0 aromatic carbocycles. The topological polar surface area (TPSA) is 55.4 Å². The van der Waals surface area contributed by atoms with Gasteiger partial charge in [0.1, 0.15) is 6.10 Å². The van der Waals surface area contributed by atoms with Crippen LogP contribution < -0.4 is 5.32 Å². The van der Waals surface area contributed by atoms with Crippen LogP contribution in [-0.2, 0) is 14.3 Å². The van der Waals surface area contributed by atoms with E-state index < -0.39 is 0 Å². The number of hydrogen-bond donors (Lipinski definition) is 1. The minimum Gasteiger partial charge on any atom is -0.459 e. The van der Waals surface area contributed by atoms with E-state index in [0.29, 0.717) is 12.0 Å². The first-order valence-corrected chi connectivity index (χ1v) is 10.7. The van der Waals surface area contributed by atoms with Gasteiger partial charge < -0.3 is 10.1 Å². The van der Waals surface area contributed by atoms with Crippen molar-refractivity contribution in [3.05, 3.63) is 44.9 Å². The Bertz CT molecular complexity index is 826. The van der Waals surface area contributed by atoms with Crippen molar-refractivity contribution in [2.45, 2.75) is 71.3 Å². The molecule has 4 nitrogen and oxygen atoms in total. The summed E-state index contributed by atoms with van der Waals surface area (Å²) in [6.45, 7) is 6.18. The number of rotatable bonds is 3. The minimum absolute atomic E-state index is 0.0122. The summed E-state index contributed by atoms with van der Waals surface area (Å²) in [5.74, 6) is -0.431. The van der Waals surface area contributed by atoms with E-state index in [2.05, 4.69) is 19.2 Å². The van der Waals surface area contributed by atoms with E-state index in [1.54, 1.807) is 11.3 Å². The highest BCUT2D eigenvalue weighted by molar-refractivity contribution is 7.10. The first-order chi connectivity index (χ1) is 12.9. The van der Waals surface area contributed by atoms with E-state index in [1.165, 1.54) is 0 Å². The van der Waals surface area contributed by atoms with E-state index in [-0.39, 0.29) is 29.2 Å². The van der Waals surface area contributed by atoms with Crippen LogP contribution in [0.25, 0.3) is 0 Å². The van der Waals surface area contributed by atoms with Crippen LogP contribution in [0.4, 0.5) is 0 Å². The van der Waals surface area contributed by atoms with Gasteiger partial charge in [-0.25, -0.2) is 4.79 Å². The molecular formula is C22H27NO3S. The van der Waals surface area contributed by atoms with Crippen molar-refractivity contribution in [3.63, 3.8) is 0 Å². The summed E-state index contributed by atoms with van der Waals surface area (Å²) in [6, 6.07) is 4.00. The van der Waals surface area contributed by atoms with Crippen LogP contribution in [0.15, 0.2) is 40.1 Å². The van der Waals surface area contributed by atoms with Crippen molar-refractivity contribution in [2.75, 3.05) is 0 Å². The molecule has 5 heteroatoms. The summed E-state index contributed by atoms with van der Waals surface area (Å²) in [5.41, 5.74) is 3.10. The van der Waals surface area contributed by atoms with Crippen molar-refractivity contribution in [1.82, 2.24) is 5.32 Å². The van der Waals surface area contributed by atoms with Gasteiger partial charge in [-0.3, -0.25) is 4.79 Å². The van der Waals surface area contributed by atoms with Crippen molar-refractivity contribution < 1.29 is 14.3 Å². The Morgan fingerprint density at radius 3 is 2.67 bits per heavy atom. The van der Waals surface area contributed by atoms with Crippen LogP contribution in [-0.4, -0.2) is 17.9 Å². The average molecular weight is 386 g/mol. The number of Topliss-reactive ketones (excluding diaryl/α,β-unsaturated/α-hetero) is 1. The van der Waals surface area contributed by atoms with Gasteiger partial charge in [0, 0.05) is 28.3 Å². The van der Waals surface area contributed by atoms with E-state index in [1.807, 2.05) is 24.4 Å². The Morgan fingerprint density at radius 1 is 1.26 bits per heavy atom. The van der Waals surface area contributed by atoms with Crippen LogP contribution in [0.1, 0.15) is 70.1 Å². The highest BCUT2D eigenvalue weighted by atomic mass is 32.1. The van der Waals surface area contributed by atoms with Crippen LogP contribution in [0.3, 0.4) is 0 Å². The van der Waals surface area contributed by atoms with Crippen molar-refractivity contribution >= 4 is 23.1 Å². The van der Waals surface area contributed by atoms with E-state index in [9.17, 15) is 9.59 Å². The second-order valence-electron chi connectivity index (χ2n) is 8.76. The molecule has 0 amide bonds. The maximum absolute atomic E-state index is 13.1. The zero-order chi connectivity index (χ0) is 19.2. The Kier molecular flexibility index (Phi) is 4.75. The number of hydrogen-bond acceptors (Lipinski definition) is 5. The zero-order valence-corrected chi connectivity index (χ0v) is 17.1. The summed E-state index contributed by atoms with van der Waals surface area (Å²) < 4.78 is 5.84. The van der Waals surface area contributed by atoms with Crippen LogP contribution in [0.5, 0.6) is 0 Å². The van der Waals surface area contributed by atoms with Gasteiger partial charge in [0.25, 0.3) is 0 Å². The average Bonchev–Trinajstić information content (AvgIpc) is 3.25. The number of dihydropyridines is 1. The van der Waals surface area contributed by atoms with Gasteiger partial charge in [0.15, 0.2) is 5.78 Å². The first-order valence-electron chi connectivity index (χ1n) is 9.84. The van der Waals surface area contributed by atoms with Gasteiger partial charge in [-0.15, -0.1) is 11.3 Å². The molecule has 0 radical (unpaired) electrons. The number of carbonyl (C=O) groups excluding carboxylic acids is 2. The summed E-state index contributed by atoms with van der Waals surface area (Å²) in [5, 5.41) is 5.40. The van der Waals surface area contributed by atoms with Crippen LogP contribution in [0.2, 0.25) is 0 Å². The van der Waals surface area contributed by atoms with Gasteiger partial charge >= 0.3 is 5.97 Å². The summed E-state index contributed by atoms with van der Waals surface area (Å²) in [7, 11) is 0. The largest absolute Gasteiger partial charge is 0.459 e. The molecule has 0 spiro atoms. The maximum atomic E-state index is 13.1. The second kappa shape index (κ2) is 6.93.